The van der Waals surface area contributed by atoms with E-state index in [1.807, 2.05) is 37.4 Å². The Morgan fingerprint density at radius 3 is 2.36 bits per heavy atom. The van der Waals surface area contributed by atoms with Gasteiger partial charge in [0.05, 0.1) is 10.5 Å². The van der Waals surface area contributed by atoms with Crippen LogP contribution in [0.25, 0.3) is 0 Å². The maximum absolute atomic E-state index is 12.3. The molecule has 2 saturated heterocycles. The van der Waals surface area contributed by atoms with Crippen LogP contribution in [0.2, 0.25) is 0 Å². The molecule has 2 fully saturated rings. The summed E-state index contributed by atoms with van der Waals surface area (Å²) < 4.78 is 5.64. The highest BCUT2D eigenvalue weighted by molar-refractivity contribution is 7.99. The number of likely N-dealkylation sites (tertiary alicyclic amines) is 2. The van der Waals surface area contributed by atoms with E-state index in [0.29, 0.717) is 5.41 Å². The van der Waals surface area contributed by atoms with Gasteiger partial charge in [-0.25, -0.2) is 0 Å². The molecule has 1 atom stereocenters. The summed E-state index contributed by atoms with van der Waals surface area (Å²) in [4.78, 5) is 17.1. The number of hydrogen-bond acceptors (Lipinski definition) is 4. The zero-order valence-electron chi connectivity index (χ0n) is 15.1. The van der Waals surface area contributed by atoms with E-state index >= 15 is 0 Å². The molecule has 0 bridgehead atoms. The molecule has 0 N–H and O–H groups in total. The number of ether oxygens (including phenoxy) is 1. The first-order valence-electron chi connectivity index (χ1n) is 8.29. The summed E-state index contributed by atoms with van der Waals surface area (Å²) in [6.45, 7) is 14.8. The lowest BCUT2D eigenvalue weighted by molar-refractivity contribution is -0.140. The van der Waals surface area contributed by atoms with E-state index in [-0.39, 0.29) is 23.0 Å². The van der Waals surface area contributed by atoms with Gasteiger partial charge in [-0.2, -0.15) is 0 Å². The van der Waals surface area contributed by atoms with Crippen LogP contribution in [-0.2, 0) is 9.53 Å². The van der Waals surface area contributed by atoms with E-state index in [1.54, 1.807) is 0 Å². The molecule has 1 spiro atoms. The van der Waals surface area contributed by atoms with Crippen LogP contribution in [0, 0.1) is 5.41 Å². The number of nitrogens with zero attached hydrogens (tertiary/aromatic N) is 2. The third-order valence-corrected chi connectivity index (χ3v) is 6.38. The standard InChI is InChI=1S/C17H32N2O2S/c1-15(2,3)21-11-14(20)18-9-7-17(12-18)8-10-19(13-17)16(4,5)22-6/h7-13H2,1-6H3. The first-order chi connectivity index (χ1) is 10.1. The third kappa shape index (κ3) is 4.18. The minimum Gasteiger partial charge on any atom is -0.366 e. The fourth-order valence-corrected chi connectivity index (χ4v) is 3.79. The zero-order chi connectivity index (χ0) is 16.6. The largest absolute Gasteiger partial charge is 0.366 e. The fraction of sp³-hybridized carbons (Fsp3) is 0.941. The Morgan fingerprint density at radius 2 is 1.77 bits per heavy atom. The Balaban J connectivity index is 1.89. The predicted molar refractivity (Wildman–Crippen MR) is 93.1 cm³/mol. The third-order valence-electron chi connectivity index (χ3n) is 5.12. The van der Waals surface area contributed by atoms with Crippen molar-refractivity contribution < 1.29 is 9.53 Å². The molecule has 128 valence electrons. The number of thioether (sulfide) groups is 1. The molecule has 1 unspecified atom stereocenters. The van der Waals surface area contributed by atoms with E-state index in [2.05, 4.69) is 25.0 Å². The molecule has 0 saturated carbocycles. The molecule has 2 rings (SSSR count). The molecule has 5 heteroatoms. The van der Waals surface area contributed by atoms with Crippen molar-refractivity contribution in [2.75, 3.05) is 39.0 Å². The highest BCUT2D eigenvalue weighted by Crippen LogP contribution is 2.43. The van der Waals surface area contributed by atoms with Gasteiger partial charge in [-0.05, 0) is 53.7 Å². The number of amides is 1. The Bertz CT molecular complexity index is 419. The molecular weight excluding hydrogens is 296 g/mol. The first kappa shape index (κ1) is 18.1. The van der Waals surface area contributed by atoms with Gasteiger partial charge in [0.2, 0.25) is 5.91 Å². The number of carbonyl (C=O) groups is 1. The highest BCUT2D eigenvalue weighted by atomic mass is 32.2. The summed E-state index contributed by atoms with van der Waals surface area (Å²) >= 11 is 1.91. The molecule has 0 aromatic carbocycles. The van der Waals surface area contributed by atoms with Crippen LogP contribution in [0.15, 0.2) is 0 Å². The Kier molecular flexibility index (Phi) is 5.20. The minimum atomic E-state index is -0.250. The summed E-state index contributed by atoms with van der Waals surface area (Å²) in [7, 11) is 0. The van der Waals surface area contributed by atoms with Crippen molar-refractivity contribution in [2.45, 2.75) is 57.9 Å². The van der Waals surface area contributed by atoms with Gasteiger partial charge in [-0.3, -0.25) is 9.69 Å². The van der Waals surface area contributed by atoms with Crippen LogP contribution >= 0.6 is 11.8 Å². The molecule has 4 nitrogen and oxygen atoms in total. The molecule has 2 aliphatic heterocycles. The molecule has 0 aliphatic carbocycles. The lowest BCUT2D eigenvalue weighted by atomic mass is 9.86. The van der Waals surface area contributed by atoms with Crippen molar-refractivity contribution in [3.05, 3.63) is 0 Å². The van der Waals surface area contributed by atoms with E-state index in [0.717, 1.165) is 32.6 Å². The Morgan fingerprint density at radius 1 is 1.14 bits per heavy atom. The molecule has 22 heavy (non-hydrogen) atoms. The molecule has 0 aromatic rings. The highest BCUT2D eigenvalue weighted by Gasteiger charge is 2.47. The molecule has 0 radical (unpaired) electrons. The van der Waals surface area contributed by atoms with Crippen molar-refractivity contribution in [1.29, 1.82) is 0 Å². The summed E-state index contributed by atoms with van der Waals surface area (Å²) in [5.74, 6) is 0.148. The molecule has 2 heterocycles. The van der Waals surface area contributed by atoms with E-state index in [4.69, 9.17) is 4.74 Å². The number of hydrogen-bond donors (Lipinski definition) is 0. The SMILES string of the molecule is CSC(C)(C)N1CCC2(CCN(C(=O)COC(C)(C)C)C2)C1. The van der Waals surface area contributed by atoms with Crippen LogP contribution in [0.5, 0.6) is 0 Å². The van der Waals surface area contributed by atoms with Gasteiger partial charge in [0.15, 0.2) is 0 Å². The number of carbonyl (C=O) groups excluding carboxylic acids is 1. The monoisotopic (exact) mass is 328 g/mol. The van der Waals surface area contributed by atoms with Crippen molar-refractivity contribution in [1.82, 2.24) is 9.80 Å². The van der Waals surface area contributed by atoms with Gasteiger partial charge < -0.3 is 9.64 Å². The van der Waals surface area contributed by atoms with Gasteiger partial charge in [0.25, 0.3) is 0 Å². The second kappa shape index (κ2) is 6.33. The van der Waals surface area contributed by atoms with Crippen LogP contribution < -0.4 is 0 Å². The lowest BCUT2D eigenvalue weighted by Gasteiger charge is -2.35. The quantitative estimate of drug-likeness (QED) is 0.794. The smallest absolute Gasteiger partial charge is 0.248 e. The summed E-state index contributed by atoms with van der Waals surface area (Å²) in [5, 5.41) is 0. The number of rotatable bonds is 4. The average molecular weight is 329 g/mol. The van der Waals surface area contributed by atoms with Crippen LogP contribution in [-0.4, -0.2) is 65.2 Å². The Hall–Kier alpha value is -0.260. The second-order valence-corrected chi connectivity index (χ2v) is 9.70. The van der Waals surface area contributed by atoms with Crippen LogP contribution in [0.3, 0.4) is 0 Å². The topological polar surface area (TPSA) is 32.8 Å². The molecule has 1 amide bonds. The average Bonchev–Trinajstić information content (AvgIpc) is 3.04. The minimum absolute atomic E-state index is 0.148. The summed E-state index contributed by atoms with van der Waals surface area (Å²) in [6.07, 6.45) is 4.52. The maximum Gasteiger partial charge on any atom is 0.248 e. The normalized spacial score (nSPS) is 27.1. The summed E-state index contributed by atoms with van der Waals surface area (Å²) in [5.41, 5.74) is 0.0595. The Labute approximate surface area is 139 Å². The van der Waals surface area contributed by atoms with Crippen molar-refractivity contribution in [3.63, 3.8) is 0 Å². The zero-order valence-corrected chi connectivity index (χ0v) is 15.9. The molecule has 2 aliphatic rings. The van der Waals surface area contributed by atoms with E-state index in [9.17, 15) is 4.79 Å². The van der Waals surface area contributed by atoms with Gasteiger partial charge >= 0.3 is 0 Å². The van der Waals surface area contributed by atoms with Crippen LogP contribution in [0.1, 0.15) is 47.5 Å². The van der Waals surface area contributed by atoms with E-state index < -0.39 is 0 Å². The molecular formula is C17H32N2O2S. The van der Waals surface area contributed by atoms with Gasteiger partial charge in [0.1, 0.15) is 6.61 Å². The maximum atomic E-state index is 12.3. The van der Waals surface area contributed by atoms with Gasteiger partial charge in [0, 0.05) is 31.6 Å². The fourth-order valence-electron chi connectivity index (χ4n) is 3.37. The van der Waals surface area contributed by atoms with Crippen molar-refractivity contribution >= 4 is 17.7 Å². The van der Waals surface area contributed by atoms with Crippen LogP contribution in [0.4, 0.5) is 0 Å². The van der Waals surface area contributed by atoms with Gasteiger partial charge in [-0.15, -0.1) is 11.8 Å². The van der Waals surface area contributed by atoms with Crippen molar-refractivity contribution in [3.8, 4) is 0 Å². The van der Waals surface area contributed by atoms with Gasteiger partial charge in [-0.1, -0.05) is 0 Å². The second-order valence-electron chi connectivity index (χ2n) is 8.29. The molecule has 0 aromatic heterocycles. The predicted octanol–water partition coefficient (Wildman–Crippen LogP) is 2.83. The lowest BCUT2D eigenvalue weighted by Crippen LogP contribution is -2.42. The van der Waals surface area contributed by atoms with Crippen molar-refractivity contribution in [2.24, 2.45) is 5.41 Å². The summed E-state index contributed by atoms with van der Waals surface area (Å²) in [6, 6.07) is 0. The van der Waals surface area contributed by atoms with E-state index in [1.165, 1.54) is 6.42 Å². The first-order valence-corrected chi connectivity index (χ1v) is 9.51.